The molecule has 0 spiro atoms. The number of piperazine rings is 1. The van der Waals surface area contributed by atoms with Crippen molar-refractivity contribution in [2.75, 3.05) is 26.2 Å². The molecule has 2 aliphatic carbocycles. The Bertz CT molecular complexity index is 604. The molecule has 4 rings (SSSR count). The zero-order valence-electron chi connectivity index (χ0n) is 16.2. The molecule has 1 saturated heterocycles. The number of hydrogen-bond donors (Lipinski definition) is 0. The molecule has 140 valence electrons. The first-order chi connectivity index (χ1) is 12.9. The van der Waals surface area contributed by atoms with Crippen molar-refractivity contribution in [1.29, 1.82) is 0 Å². The Morgan fingerprint density at radius 3 is 2.35 bits per heavy atom. The largest absolute Gasteiger partial charge is 0.297 e. The van der Waals surface area contributed by atoms with Gasteiger partial charge in [-0.2, -0.15) is 0 Å². The Morgan fingerprint density at radius 1 is 0.885 bits per heavy atom. The molecule has 1 aromatic rings. The zero-order valence-corrected chi connectivity index (χ0v) is 16.2. The summed E-state index contributed by atoms with van der Waals surface area (Å²) in [6.07, 6.45) is 17.0. The molecule has 0 amide bonds. The van der Waals surface area contributed by atoms with E-state index in [1.165, 1.54) is 76.7 Å². The summed E-state index contributed by atoms with van der Waals surface area (Å²) in [4.78, 5) is 5.45. The highest BCUT2D eigenvalue weighted by Crippen LogP contribution is 2.34. The molecule has 2 nitrogen and oxygen atoms in total. The highest BCUT2D eigenvalue weighted by Gasteiger charge is 2.32. The number of nitrogens with zero attached hydrogens (tertiary/aromatic N) is 2. The van der Waals surface area contributed by atoms with Gasteiger partial charge >= 0.3 is 0 Å². The lowest BCUT2D eigenvalue weighted by molar-refractivity contribution is 0.0722. The molecule has 26 heavy (non-hydrogen) atoms. The summed E-state index contributed by atoms with van der Waals surface area (Å²) in [5.41, 5.74) is 3.07. The van der Waals surface area contributed by atoms with Crippen LogP contribution in [-0.4, -0.2) is 42.0 Å². The van der Waals surface area contributed by atoms with E-state index in [1.807, 2.05) is 0 Å². The molecule has 1 unspecified atom stereocenters. The second-order valence-corrected chi connectivity index (χ2v) is 8.32. The summed E-state index contributed by atoms with van der Waals surface area (Å²) in [6, 6.07) is 11.6. The molecule has 1 aliphatic heterocycles. The molecule has 1 heterocycles. The van der Waals surface area contributed by atoms with Crippen LogP contribution in [0.1, 0.15) is 50.5 Å². The molecular formula is C24H34N2. The van der Waals surface area contributed by atoms with Gasteiger partial charge in [-0.15, -0.1) is 0 Å². The van der Waals surface area contributed by atoms with Gasteiger partial charge in [0.15, 0.2) is 0 Å². The molecule has 2 heteroatoms. The lowest BCUT2D eigenvalue weighted by Gasteiger charge is -2.44. The average molecular weight is 351 g/mol. The Morgan fingerprint density at radius 2 is 1.65 bits per heavy atom. The summed E-state index contributed by atoms with van der Waals surface area (Å²) in [5.74, 6) is 0.874. The molecule has 0 radical (unpaired) electrons. The van der Waals surface area contributed by atoms with Crippen LogP contribution in [0, 0.1) is 5.92 Å². The zero-order chi connectivity index (χ0) is 17.6. The van der Waals surface area contributed by atoms with E-state index in [9.17, 15) is 0 Å². The van der Waals surface area contributed by atoms with Crippen LogP contribution in [0.4, 0.5) is 0 Å². The molecule has 1 saturated carbocycles. The summed E-state index contributed by atoms with van der Waals surface area (Å²) in [5, 5.41) is 0. The molecule has 3 aliphatic rings. The molecule has 1 aromatic carbocycles. The predicted octanol–water partition coefficient (Wildman–Crippen LogP) is 5.03. The second kappa shape index (κ2) is 9.01. The van der Waals surface area contributed by atoms with Crippen molar-refractivity contribution >= 4 is 0 Å². The fourth-order valence-corrected chi connectivity index (χ4v) is 5.13. The van der Waals surface area contributed by atoms with Crippen LogP contribution in [0.3, 0.4) is 0 Å². The third kappa shape index (κ3) is 4.47. The first-order valence-electron chi connectivity index (χ1n) is 10.8. The number of benzene rings is 1. The van der Waals surface area contributed by atoms with Crippen molar-refractivity contribution in [3.05, 3.63) is 59.7 Å². The van der Waals surface area contributed by atoms with E-state index in [0.717, 1.165) is 12.5 Å². The van der Waals surface area contributed by atoms with Gasteiger partial charge < -0.3 is 0 Å². The van der Waals surface area contributed by atoms with Crippen molar-refractivity contribution in [1.82, 2.24) is 9.80 Å². The van der Waals surface area contributed by atoms with Crippen LogP contribution >= 0.6 is 0 Å². The van der Waals surface area contributed by atoms with E-state index in [-0.39, 0.29) is 0 Å². The quantitative estimate of drug-likeness (QED) is 0.735. The Labute approximate surface area is 159 Å². The molecule has 0 aromatic heterocycles. The van der Waals surface area contributed by atoms with Crippen molar-refractivity contribution in [3.8, 4) is 0 Å². The summed E-state index contributed by atoms with van der Waals surface area (Å²) >= 11 is 0. The smallest absolute Gasteiger partial charge is 0.0374 e. The van der Waals surface area contributed by atoms with Crippen LogP contribution in [0.5, 0.6) is 0 Å². The van der Waals surface area contributed by atoms with Crippen molar-refractivity contribution < 1.29 is 0 Å². The van der Waals surface area contributed by atoms with Gasteiger partial charge in [0, 0.05) is 38.8 Å². The fraction of sp³-hybridized carbons (Fsp3) is 0.583. The van der Waals surface area contributed by atoms with Crippen LogP contribution in [-0.2, 0) is 6.54 Å². The summed E-state index contributed by atoms with van der Waals surface area (Å²) in [6.45, 7) is 5.95. The maximum Gasteiger partial charge on any atom is 0.0374 e. The van der Waals surface area contributed by atoms with Gasteiger partial charge in [-0.1, -0.05) is 67.8 Å². The van der Waals surface area contributed by atoms with Gasteiger partial charge in [0.05, 0.1) is 0 Å². The Kier molecular flexibility index (Phi) is 6.24. The maximum absolute atomic E-state index is 2.82. The molecule has 0 bridgehead atoms. The summed E-state index contributed by atoms with van der Waals surface area (Å²) in [7, 11) is 0. The third-order valence-corrected chi connectivity index (χ3v) is 6.51. The van der Waals surface area contributed by atoms with Crippen LogP contribution < -0.4 is 0 Å². The highest BCUT2D eigenvalue weighted by molar-refractivity contribution is 5.29. The monoisotopic (exact) mass is 350 g/mol. The molecule has 2 fully saturated rings. The van der Waals surface area contributed by atoms with E-state index < -0.39 is 0 Å². The lowest BCUT2D eigenvalue weighted by Crippen LogP contribution is -2.52. The maximum atomic E-state index is 2.82. The summed E-state index contributed by atoms with van der Waals surface area (Å²) < 4.78 is 0. The molecule has 1 atom stereocenters. The SMILES string of the molecule is C1=CC(C(C2CCCCC2)N2CCN(Cc3ccccc3)CC2)=CCC1. The van der Waals surface area contributed by atoms with Gasteiger partial charge in [-0.3, -0.25) is 9.80 Å². The first-order valence-corrected chi connectivity index (χ1v) is 10.8. The van der Waals surface area contributed by atoms with Gasteiger partial charge in [0.25, 0.3) is 0 Å². The topological polar surface area (TPSA) is 6.48 Å². The van der Waals surface area contributed by atoms with Crippen molar-refractivity contribution in [3.63, 3.8) is 0 Å². The normalized spacial score (nSPS) is 24.4. The molecule has 0 N–H and O–H groups in total. The standard InChI is InChI=1S/C24H34N2/c1-4-10-21(11-5-1)20-25-16-18-26(19-17-25)24(22-12-6-2-7-13-22)23-14-8-3-9-15-23/h1,4-6,10-13,23-24H,2-3,7-9,14-20H2. The van der Waals surface area contributed by atoms with E-state index in [1.54, 1.807) is 5.57 Å². The minimum atomic E-state index is 0.672. The van der Waals surface area contributed by atoms with Gasteiger partial charge in [-0.05, 0) is 42.7 Å². The van der Waals surface area contributed by atoms with Crippen LogP contribution in [0.2, 0.25) is 0 Å². The van der Waals surface area contributed by atoms with E-state index in [0.29, 0.717) is 6.04 Å². The van der Waals surface area contributed by atoms with Gasteiger partial charge in [0.1, 0.15) is 0 Å². The number of hydrogen-bond acceptors (Lipinski definition) is 2. The highest BCUT2D eigenvalue weighted by atomic mass is 15.3. The van der Waals surface area contributed by atoms with E-state index in [4.69, 9.17) is 0 Å². The first kappa shape index (κ1) is 18.0. The van der Waals surface area contributed by atoms with Gasteiger partial charge in [0.2, 0.25) is 0 Å². The van der Waals surface area contributed by atoms with Crippen molar-refractivity contribution in [2.45, 2.75) is 57.5 Å². The van der Waals surface area contributed by atoms with Gasteiger partial charge in [-0.25, -0.2) is 0 Å². The second-order valence-electron chi connectivity index (χ2n) is 8.32. The third-order valence-electron chi connectivity index (χ3n) is 6.51. The van der Waals surface area contributed by atoms with E-state index >= 15 is 0 Å². The molecular weight excluding hydrogens is 316 g/mol. The van der Waals surface area contributed by atoms with E-state index in [2.05, 4.69) is 58.4 Å². The Balaban J connectivity index is 1.40. The number of rotatable bonds is 5. The number of allylic oxidation sites excluding steroid dienone is 2. The minimum absolute atomic E-state index is 0.672. The predicted molar refractivity (Wildman–Crippen MR) is 110 cm³/mol. The van der Waals surface area contributed by atoms with Crippen molar-refractivity contribution in [2.24, 2.45) is 5.92 Å². The minimum Gasteiger partial charge on any atom is -0.297 e. The van der Waals surface area contributed by atoms with Crippen LogP contribution in [0.15, 0.2) is 54.1 Å². The Hall–Kier alpha value is -1.38. The lowest BCUT2D eigenvalue weighted by atomic mass is 9.79. The average Bonchev–Trinajstić information content (AvgIpc) is 2.72. The van der Waals surface area contributed by atoms with Crippen LogP contribution in [0.25, 0.3) is 0 Å². The fourth-order valence-electron chi connectivity index (χ4n) is 5.13.